The lowest BCUT2D eigenvalue weighted by Crippen LogP contribution is -1.95. The Morgan fingerprint density at radius 3 is 2.57 bits per heavy atom. The van der Waals surface area contributed by atoms with Gasteiger partial charge >= 0.3 is 0 Å². The molecule has 0 saturated heterocycles. The molecule has 0 unspecified atom stereocenters. The molecular formula is C10H10ClN3. The first-order valence-electron chi connectivity index (χ1n) is 4.29. The zero-order chi connectivity index (χ0) is 9.97. The SMILES string of the molecule is CNc1nn(-c2ccccc2)cc1Cl. The van der Waals surface area contributed by atoms with Gasteiger partial charge in [-0.25, -0.2) is 4.68 Å². The molecule has 0 aliphatic carbocycles. The molecule has 2 aromatic rings. The summed E-state index contributed by atoms with van der Waals surface area (Å²) in [6, 6.07) is 9.84. The van der Waals surface area contributed by atoms with E-state index in [1.807, 2.05) is 30.3 Å². The van der Waals surface area contributed by atoms with Crippen LogP contribution in [0.4, 0.5) is 5.82 Å². The quantitative estimate of drug-likeness (QED) is 0.821. The molecule has 0 bridgehead atoms. The highest BCUT2D eigenvalue weighted by molar-refractivity contribution is 6.32. The molecule has 0 radical (unpaired) electrons. The molecule has 1 heterocycles. The Hall–Kier alpha value is -1.48. The molecule has 1 N–H and O–H groups in total. The van der Waals surface area contributed by atoms with Gasteiger partial charge in [0.1, 0.15) is 5.02 Å². The van der Waals surface area contributed by atoms with Crippen molar-refractivity contribution in [3.63, 3.8) is 0 Å². The highest BCUT2D eigenvalue weighted by Gasteiger charge is 2.05. The Morgan fingerprint density at radius 2 is 2.00 bits per heavy atom. The van der Waals surface area contributed by atoms with E-state index in [9.17, 15) is 0 Å². The fraction of sp³-hybridized carbons (Fsp3) is 0.100. The number of rotatable bonds is 2. The number of para-hydroxylation sites is 1. The van der Waals surface area contributed by atoms with Crippen molar-refractivity contribution in [1.29, 1.82) is 0 Å². The van der Waals surface area contributed by atoms with E-state index in [-0.39, 0.29) is 0 Å². The van der Waals surface area contributed by atoms with Gasteiger partial charge in [-0.15, -0.1) is 5.10 Å². The molecule has 0 saturated carbocycles. The van der Waals surface area contributed by atoms with E-state index in [2.05, 4.69) is 10.4 Å². The van der Waals surface area contributed by atoms with Crippen molar-refractivity contribution in [2.75, 3.05) is 12.4 Å². The largest absolute Gasteiger partial charge is 0.370 e. The molecular weight excluding hydrogens is 198 g/mol. The lowest BCUT2D eigenvalue weighted by molar-refractivity contribution is 0.883. The van der Waals surface area contributed by atoms with Gasteiger partial charge in [0.25, 0.3) is 0 Å². The van der Waals surface area contributed by atoms with E-state index in [1.165, 1.54) is 0 Å². The smallest absolute Gasteiger partial charge is 0.167 e. The van der Waals surface area contributed by atoms with Crippen molar-refractivity contribution in [3.05, 3.63) is 41.6 Å². The first kappa shape index (κ1) is 9.09. The number of halogens is 1. The van der Waals surface area contributed by atoms with Crippen LogP contribution in [0.2, 0.25) is 5.02 Å². The minimum atomic E-state index is 0.622. The number of aromatic nitrogens is 2. The number of anilines is 1. The topological polar surface area (TPSA) is 29.9 Å². The highest BCUT2D eigenvalue weighted by atomic mass is 35.5. The minimum Gasteiger partial charge on any atom is -0.370 e. The maximum absolute atomic E-state index is 5.95. The van der Waals surface area contributed by atoms with Crippen LogP contribution in [0.15, 0.2) is 36.5 Å². The monoisotopic (exact) mass is 207 g/mol. The van der Waals surface area contributed by atoms with Gasteiger partial charge in [0, 0.05) is 7.05 Å². The zero-order valence-electron chi connectivity index (χ0n) is 7.74. The summed E-state index contributed by atoms with van der Waals surface area (Å²) in [6.45, 7) is 0. The standard InChI is InChI=1S/C10H10ClN3/c1-12-10-9(11)7-14(13-10)8-5-3-2-4-6-8/h2-7H,1H3,(H,12,13). The number of hydrogen-bond acceptors (Lipinski definition) is 2. The molecule has 0 atom stereocenters. The first-order chi connectivity index (χ1) is 6.81. The van der Waals surface area contributed by atoms with Gasteiger partial charge in [0.05, 0.1) is 11.9 Å². The predicted molar refractivity (Wildman–Crippen MR) is 58.1 cm³/mol. The normalized spacial score (nSPS) is 10.1. The predicted octanol–water partition coefficient (Wildman–Crippen LogP) is 2.57. The maximum Gasteiger partial charge on any atom is 0.167 e. The van der Waals surface area contributed by atoms with Crippen LogP contribution in [0, 0.1) is 0 Å². The third-order valence-electron chi connectivity index (χ3n) is 1.93. The summed E-state index contributed by atoms with van der Waals surface area (Å²) in [4.78, 5) is 0. The molecule has 1 aromatic carbocycles. The molecule has 14 heavy (non-hydrogen) atoms. The summed E-state index contributed by atoms with van der Waals surface area (Å²) in [6.07, 6.45) is 1.78. The molecule has 0 amide bonds. The van der Waals surface area contributed by atoms with Crippen LogP contribution in [-0.4, -0.2) is 16.8 Å². The molecule has 1 aromatic heterocycles. The van der Waals surface area contributed by atoms with E-state index in [0.29, 0.717) is 10.8 Å². The van der Waals surface area contributed by atoms with Crippen molar-refractivity contribution < 1.29 is 0 Å². The highest BCUT2D eigenvalue weighted by Crippen LogP contribution is 2.20. The Balaban J connectivity index is 2.43. The molecule has 0 fully saturated rings. The summed E-state index contributed by atoms with van der Waals surface area (Å²) in [5.74, 6) is 0.690. The van der Waals surface area contributed by atoms with Crippen LogP contribution in [0.25, 0.3) is 5.69 Å². The number of nitrogens with zero attached hydrogens (tertiary/aromatic N) is 2. The minimum absolute atomic E-state index is 0.622. The van der Waals surface area contributed by atoms with Crippen LogP contribution < -0.4 is 5.32 Å². The van der Waals surface area contributed by atoms with Crippen LogP contribution >= 0.6 is 11.6 Å². The number of nitrogens with one attached hydrogen (secondary N) is 1. The van der Waals surface area contributed by atoms with Gasteiger partial charge in [0.2, 0.25) is 0 Å². The second-order valence-electron chi connectivity index (χ2n) is 2.86. The van der Waals surface area contributed by atoms with Gasteiger partial charge < -0.3 is 5.32 Å². The van der Waals surface area contributed by atoms with Crippen LogP contribution in [0.5, 0.6) is 0 Å². The summed E-state index contributed by atoms with van der Waals surface area (Å²) in [5, 5.41) is 7.82. The van der Waals surface area contributed by atoms with Crippen molar-refractivity contribution in [2.24, 2.45) is 0 Å². The molecule has 72 valence electrons. The first-order valence-corrected chi connectivity index (χ1v) is 4.67. The second-order valence-corrected chi connectivity index (χ2v) is 3.26. The average molecular weight is 208 g/mol. The second kappa shape index (κ2) is 3.72. The molecule has 4 heteroatoms. The number of benzene rings is 1. The average Bonchev–Trinajstić information content (AvgIpc) is 2.61. The summed E-state index contributed by atoms with van der Waals surface area (Å²) < 4.78 is 1.74. The van der Waals surface area contributed by atoms with E-state index in [1.54, 1.807) is 17.9 Å². The van der Waals surface area contributed by atoms with E-state index in [0.717, 1.165) is 5.69 Å². The lowest BCUT2D eigenvalue weighted by Gasteiger charge is -1.98. The Kier molecular flexibility index (Phi) is 2.41. The Labute approximate surface area is 87.3 Å². The van der Waals surface area contributed by atoms with Crippen LogP contribution in [0.1, 0.15) is 0 Å². The van der Waals surface area contributed by atoms with E-state index >= 15 is 0 Å². The third-order valence-corrected chi connectivity index (χ3v) is 2.20. The molecule has 0 aliphatic rings. The van der Waals surface area contributed by atoms with Crippen LogP contribution in [-0.2, 0) is 0 Å². The molecule has 2 rings (SSSR count). The Morgan fingerprint density at radius 1 is 1.29 bits per heavy atom. The van der Waals surface area contributed by atoms with Crippen molar-refractivity contribution in [3.8, 4) is 5.69 Å². The van der Waals surface area contributed by atoms with E-state index in [4.69, 9.17) is 11.6 Å². The third kappa shape index (κ3) is 1.59. The zero-order valence-corrected chi connectivity index (χ0v) is 8.49. The molecule has 0 aliphatic heterocycles. The fourth-order valence-electron chi connectivity index (χ4n) is 1.24. The van der Waals surface area contributed by atoms with Gasteiger partial charge in [-0.2, -0.15) is 0 Å². The van der Waals surface area contributed by atoms with Crippen molar-refractivity contribution >= 4 is 17.4 Å². The van der Waals surface area contributed by atoms with Gasteiger partial charge in [-0.3, -0.25) is 0 Å². The van der Waals surface area contributed by atoms with Gasteiger partial charge in [0.15, 0.2) is 5.82 Å². The lowest BCUT2D eigenvalue weighted by atomic mass is 10.3. The Bertz CT molecular complexity index is 422. The fourth-order valence-corrected chi connectivity index (χ4v) is 1.46. The molecule has 3 nitrogen and oxygen atoms in total. The van der Waals surface area contributed by atoms with Crippen molar-refractivity contribution in [2.45, 2.75) is 0 Å². The number of hydrogen-bond donors (Lipinski definition) is 1. The van der Waals surface area contributed by atoms with Gasteiger partial charge in [-0.05, 0) is 12.1 Å². The van der Waals surface area contributed by atoms with Crippen molar-refractivity contribution in [1.82, 2.24) is 9.78 Å². The summed E-state index contributed by atoms with van der Waals surface area (Å²) in [7, 11) is 1.80. The van der Waals surface area contributed by atoms with E-state index < -0.39 is 0 Å². The molecule has 0 spiro atoms. The van der Waals surface area contributed by atoms with Crippen LogP contribution in [0.3, 0.4) is 0 Å². The maximum atomic E-state index is 5.95. The van der Waals surface area contributed by atoms with Gasteiger partial charge in [-0.1, -0.05) is 29.8 Å². The summed E-state index contributed by atoms with van der Waals surface area (Å²) in [5.41, 5.74) is 0.996. The summed E-state index contributed by atoms with van der Waals surface area (Å²) >= 11 is 5.95.